The third-order valence-corrected chi connectivity index (χ3v) is 4.22. The van der Waals surface area contributed by atoms with Gasteiger partial charge in [0.05, 0.1) is 12.4 Å². The fourth-order valence-electron chi connectivity index (χ4n) is 2.60. The zero-order valence-electron chi connectivity index (χ0n) is 15.1. The van der Waals surface area contributed by atoms with Gasteiger partial charge in [0.2, 0.25) is 0 Å². The number of benzene rings is 2. The molecule has 0 aliphatic heterocycles. The maximum atomic E-state index is 12.9. The van der Waals surface area contributed by atoms with E-state index in [0.717, 1.165) is 23.1 Å². The summed E-state index contributed by atoms with van der Waals surface area (Å²) in [6.07, 6.45) is 3.72. The van der Waals surface area contributed by atoms with Crippen molar-refractivity contribution in [3.05, 3.63) is 89.1 Å². The molecule has 0 saturated heterocycles. The van der Waals surface area contributed by atoms with Gasteiger partial charge in [0.25, 0.3) is 5.91 Å². The first-order valence-corrected chi connectivity index (χ1v) is 8.75. The molecule has 3 aromatic rings. The Bertz CT molecular complexity index is 895. The molecule has 0 unspecified atom stereocenters. The van der Waals surface area contributed by atoms with Crippen LogP contribution in [0.4, 0.5) is 10.2 Å². The third-order valence-electron chi connectivity index (χ3n) is 4.22. The second kappa shape index (κ2) is 8.89. The predicted molar refractivity (Wildman–Crippen MR) is 103 cm³/mol. The minimum atomic E-state index is -0.261. The Kier molecular flexibility index (Phi) is 6.10. The molecule has 6 heteroatoms. The quantitative estimate of drug-likeness (QED) is 0.673. The molecule has 0 atom stereocenters. The van der Waals surface area contributed by atoms with Crippen LogP contribution in [0.2, 0.25) is 0 Å². The number of hydrogen-bond acceptors (Lipinski definition) is 4. The first-order valence-electron chi connectivity index (χ1n) is 8.75. The predicted octanol–water partition coefficient (Wildman–Crippen LogP) is 3.51. The number of amides is 1. The summed E-state index contributed by atoms with van der Waals surface area (Å²) in [6.45, 7) is 3.09. The standard InChI is InChI=1S/C21H21FN4O/c1-15-4-2-3-5-17(15)12-26-21(27)19-13-25-20(14-24-19)23-11-10-16-6-8-18(22)9-7-16/h2-9,13-14H,10-12H2,1H3,(H,23,25)(H,26,27). The molecule has 0 aliphatic rings. The van der Waals surface area contributed by atoms with Gasteiger partial charge in [-0.05, 0) is 42.2 Å². The van der Waals surface area contributed by atoms with Gasteiger partial charge in [-0.2, -0.15) is 0 Å². The normalized spacial score (nSPS) is 10.4. The highest BCUT2D eigenvalue weighted by Crippen LogP contribution is 2.08. The number of aromatic nitrogens is 2. The molecule has 0 spiro atoms. The summed E-state index contributed by atoms with van der Waals surface area (Å²) >= 11 is 0. The number of aryl methyl sites for hydroxylation is 1. The number of rotatable bonds is 7. The first-order chi connectivity index (χ1) is 13.1. The van der Waals surface area contributed by atoms with Gasteiger partial charge in [0.1, 0.15) is 17.3 Å². The van der Waals surface area contributed by atoms with E-state index in [1.54, 1.807) is 12.1 Å². The molecule has 1 aromatic heterocycles. The van der Waals surface area contributed by atoms with Crippen LogP contribution in [-0.4, -0.2) is 22.4 Å². The smallest absolute Gasteiger partial charge is 0.271 e. The maximum Gasteiger partial charge on any atom is 0.271 e. The Balaban J connectivity index is 1.48. The minimum absolute atomic E-state index is 0.242. The van der Waals surface area contributed by atoms with Gasteiger partial charge in [-0.3, -0.25) is 4.79 Å². The van der Waals surface area contributed by atoms with Gasteiger partial charge in [-0.1, -0.05) is 36.4 Å². The van der Waals surface area contributed by atoms with E-state index in [-0.39, 0.29) is 17.4 Å². The molecule has 1 amide bonds. The van der Waals surface area contributed by atoms with Crippen LogP contribution in [0.25, 0.3) is 0 Å². The molecule has 27 heavy (non-hydrogen) atoms. The highest BCUT2D eigenvalue weighted by molar-refractivity contribution is 5.91. The van der Waals surface area contributed by atoms with Crippen molar-refractivity contribution >= 4 is 11.7 Å². The lowest BCUT2D eigenvalue weighted by atomic mass is 10.1. The Morgan fingerprint density at radius 3 is 2.52 bits per heavy atom. The monoisotopic (exact) mass is 364 g/mol. The van der Waals surface area contributed by atoms with Crippen LogP contribution in [0.3, 0.4) is 0 Å². The SMILES string of the molecule is Cc1ccccc1CNC(=O)c1cnc(NCCc2ccc(F)cc2)cn1. The number of anilines is 1. The fraction of sp³-hybridized carbons (Fsp3) is 0.190. The Morgan fingerprint density at radius 2 is 1.81 bits per heavy atom. The van der Waals surface area contributed by atoms with Gasteiger partial charge < -0.3 is 10.6 Å². The number of hydrogen-bond donors (Lipinski definition) is 2. The first kappa shape index (κ1) is 18.5. The molecule has 2 N–H and O–H groups in total. The van der Waals surface area contributed by atoms with Gasteiger partial charge in [-0.15, -0.1) is 0 Å². The topological polar surface area (TPSA) is 66.9 Å². The second-order valence-electron chi connectivity index (χ2n) is 6.20. The van der Waals surface area contributed by atoms with Crippen molar-refractivity contribution in [1.82, 2.24) is 15.3 Å². The van der Waals surface area contributed by atoms with Gasteiger partial charge in [0.15, 0.2) is 0 Å². The summed E-state index contributed by atoms with van der Waals surface area (Å²) in [4.78, 5) is 20.6. The van der Waals surface area contributed by atoms with Crippen molar-refractivity contribution < 1.29 is 9.18 Å². The van der Waals surface area contributed by atoms with E-state index in [1.807, 2.05) is 31.2 Å². The van der Waals surface area contributed by atoms with Crippen LogP contribution < -0.4 is 10.6 Å². The summed E-state index contributed by atoms with van der Waals surface area (Å²) in [5.74, 6) is 0.0880. The van der Waals surface area contributed by atoms with E-state index >= 15 is 0 Å². The molecule has 0 radical (unpaired) electrons. The third kappa shape index (κ3) is 5.34. The Labute approximate surface area is 157 Å². The molecule has 3 rings (SSSR count). The van der Waals surface area contributed by atoms with Crippen LogP contribution >= 0.6 is 0 Å². The number of nitrogens with zero attached hydrogens (tertiary/aromatic N) is 2. The van der Waals surface area contributed by atoms with Crippen molar-refractivity contribution in [2.45, 2.75) is 19.9 Å². The van der Waals surface area contributed by atoms with Crippen LogP contribution in [0.1, 0.15) is 27.2 Å². The van der Waals surface area contributed by atoms with E-state index in [4.69, 9.17) is 0 Å². The molecule has 5 nitrogen and oxygen atoms in total. The number of nitrogens with one attached hydrogen (secondary N) is 2. The van der Waals surface area contributed by atoms with Crippen molar-refractivity contribution in [3.8, 4) is 0 Å². The Morgan fingerprint density at radius 1 is 1.04 bits per heavy atom. The van der Waals surface area contributed by atoms with E-state index in [2.05, 4.69) is 20.6 Å². The fourth-order valence-corrected chi connectivity index (χ4v) is 2.60. The van der Waals surface area contributed by atoms with E-state index in [1.165, 1.54) is 24.5 Å². The molecular formula is C21H21FN4O. The summed E-state index contributed by atoms with van der Waals surface area (Å²) in [5.41, 5.74) is 3.50. The molecule has 0 saturated carbocycles. The highest BCUT2D eigenvalue weighted by atomic mass is 19.1. The molecule has 0 aliphatic carbocycles. The highest BCUT2D eigenvalue weighted by Gasteiger charge is 2.08. The van der Waals surface area contributed by atoms with Gasteiger partial charge in [-0.25, -0.2) is 14.4 Å². The van der Waals surface area contributed by atoms with Gasteiger partial charge >= 0.3 is 0 Å². The van der Waals surface area contributed by atoms with Crippen LogP contribution in [0.15, 0.2) is 60.9 Å². The van der Waals surface area contributed by atoms with Crippen LogP contribution in [-0.2, 0) is 13.0 Å². The average molecular weight is 364 g/mol. The molecule has 2 aromatic carbocycles. The van der Waals surface area contributed by atoms with Crippen molar-refractivity contribution in [3.63, 3.8) is 0 Å². The van der Waals surface area contributed by atoms with E-state index in [0.29, 0.717) is 18.9 Å². The number of carbonyl (C=O) groups is 1. The lowest BCUT2D eigenvalue weighted by Crippen LogP contribution is -2.24. The maximum absolute atomic E-state index is 12.9. The van der Waals surface area contributed by atoms with Crippen LogP contribution in [0.5, 0.6) is 0 Å². The second-order valence-corrected chi connectivity index (χ2v) is 6.20. The molecule has 0 fully saturated rings. The molecular weight excluding hydrogens is 343 g/mol. The summed E-state index contributed by atoms with van der Waals surface area (Å²) in [7, 11) is 0. The average Bonchev–Trinajstić information content (AvgIpc) is 2.69. The van der Waals surface area contributed by atoms with Crippen molar-refractivity contribution in [1.29, 1.82) is 0 Å². The van der Waals surface area contributed by atoms with Crippen molar-refractivity contribution in [2.24, 2.45) is 0 Å². The number of halogens is 1. The molecule has 0 bridgehead atoms. The van der Waals surface area contributed by atoms with Gasteiger partial charge in [0, 0.05) is 13.1 Å². The zero-order chi connectivity index (χ0) is 19.1. The van der Waals surface area contributed by atoms with Crippen molar-refractivity contribution in [2.75, 3.05) is 11.9 Å². The van der Waals surface area contributed by atoms with E-state index < -0.39 is 0 Å². The van der Waals surface area contributed by atoms with E-state index in [9.17, 15) is 9.18 Å². The van der Waals surface area contributed by atoms with Crippen LogP contribution in [0, 0.1) is 12.7 Å². The summed E-state index contributed by atoms with van der Waals surface area (Å²) < 4.78 is 12.9. The summed E-state index contributed by atoms with van der Waals surface area (Å²) in [5, 5.41) is 5.99. The number of carbonyl (C=O) groups excluding carboxylic acids is 1. The molecule has 138 valence electrons. The largest absolute Gasteiger partial charge is 0.368 e. The Hall–Kier alpha value is -3.28. The minimum Gasteiger partial charge on any atom is -0.368 e. The lowest BCUT2D eigenvalue weighted by molar-refractivity contribution is 0.0945. The molecule has 1 heterocycles. The summed E-state index contributed by atoms with van der Waals surface area (Å²) in [6, 6.07) is 14.3. The lowest BCUT2D eigenvalue weighted by Gasteiger charge is -2.08. The zero-order valence-corrected chi connectivity index (χ0v) is 15.1.